The maximum atomic E-state index is 9.75. The third kappa shape index (κ3) is 2.65. The van der Waals surface area contributed by atoms with E-state index in [-0.39, 0.29) is 18.0 Å². The Hall–Kier alpha value is -0.820. The maximum Gasteiger partial charge on any atom is 0.161 e. The van der Waals surface area contributed by atoms with E-state index in [9.17, 15) is 15.3 Å². The van der Waals surface area contributed by atoms with Crippen LogP contribution in [-0.2, 0) is 0 Å². The number of rotatable bonds is 4. The molecule has 5 N–H and O–H groups in total. The number of halogens is 1. The monoisotopic (exact) mass is 291 g/mol. The molecular weight excluding hydrogens is 278 g/mol. The van der Waals surface area contributed by atoms with Crippen LogP contribution in [0.25, 0.3) is 0 Å². The molecule has 2 unspecified atom stereocenters. The van der Waals surface area contributed by atoms with Crippen LogP contribution in [0.3, 0.4) is 0 Å². The number of methoxy groups -OCH3 is 1. The van der Waals surface area contributed by atoms with Crippen molar-refractivity contribution < 1.29 is 20.1 Å². The third-order valence-corrected chi connectivity index (χ3v) is 2.91. The minimum atomic E-state index is -1.16. The molecule has 1 aromatic carbocycles. The zero-order valence-corrected chi connectivity index (χ0v) is 10.3. The highest BCUT2D eigenvalue weighted by molar-refractivity contribution is 9.10. The molecule has 0 saturated heterocycles. The number of nitrogens with two attached hydrogens (primary N) is 1. The molecular formula is C10H14BrNO4. The van der Waals surface area contributed by atoms with Crippen LogP contribution in [0, 0.1) is 0 Å². The molecule has 0 radical (unpaired) electrons. The highest BCUT2D eigenvalue weighted by atomic mass is 79.9. The summed E-state index contributed by atoms with van der Waals surface area (Å²) in [7, 11) is 1.42. The molecule has 16 heavy (non-hydrogen) atoms. The largest absolute Gasteiger partial charge is 0.504 e. The SMILES string of the molecule is COc1cc(Br)c(C(O)C(O)CN)cc1O. The van der Waals surface area contributed by atoms with E-state index in [4.69, 9.17) is 10.5 Å². The molecule has 1 rings (SSSR count). The summed E-state index contributed by atoms with van der Waals surface area (Å²) in [6.07, 6.45) is -2.24. The van der Waals surface area contributed by atoms with Crippen molar-refractivity contribution in [3.63, 3.8) is 0 Å². The number of benzene rings is 1. The first-order valence-corrected chi connectivity index (χ1v) is 5.43. The maximum absolute atomic E-state index is 9.75. The van der Waals surface area contributed by atoms with Gasteiger partial charge in [0, 0.05) is 16.6 Å². The van der Waals surface area contributed by atoms with E-state index in [0.29, 0.717) is 10.0 Å². The van der Waals surface area contributed by atoms with Crippen molar-refractivity contribution in [2.24, 2.45) is 5.73 Å². The molecule has 0 fully saturated rings. The average Bonchev–Trinajstić information content (AvgIpc) is 2.29. The van der Waals surface area contributed by atoms with E-state index in [1.165, 1.54) is 19.2 Å². The lowest BCUT2D eigenvalue weighted by molar-refractivity contribution is 0.0237. The number of hydrogen-bond acceptors (Lipinski definition) is 5. The summed E-state index contributed by atoms with van der Waals surface area (Å²) < 4.78 is 5.43. The van der Waals surface area contributed by atoms with Gasteiger partial charge in [0.1, 0.15) is 6.10 Å². The molecule has 1 aromatic rings. The molecule has 0 aliphatic heterocycles. The summed E-state index contributed by atoms with van der Waals surface area (Å²) in [6, 6.07) is 2.84. The molecule has 0 aliphatic carbocycles. The van der Waals surface area contributed by atoms with Crippen LogP contribution in [0.4, 0.5) is 0 Å². The molecule has 0 spiro atoms. The highest BCUT2D eigenvalue weighted by Gasteiger charge is 2.21. The van der Waals surface area contributed by atoms with Gasteiger partial charge in [-0.25, -0.2) is 0 Å². The van der Waals surface area contributed by atoms with Crippen molar-refractivity contribution in [3.8, 4) is 11.5 Å². The number of aliphatic hydroxyl groups is 2. The first-order valence-electron chi connectivity index (χ1n) is 4.63. The fourth-order valence-electron chi connectivity index (χ4n) is 1.29. The Labute approximate surface area is 102 Å². The number of phenols is 1. The van der Waals surface area contributed by atoms with Crippen molar-refractivity contribution in [3.05, 3.63) is 22.2 Å². The molecule has 0 bridgehead atoms. The van der Waals surface area contributed by atoms with Crippen LogP contribution in [-0.4, -0.2) is 35.1 Å². The Morgan fingerprint density at radius 1 is 1.44 bits per heavy atom. The van der Waals surface area contributed by atoms with Crippen molar-refractivity contribution >= 4 is 15.9 Å². The minimum absolute atomic E-state index is 0.0690. The summed E-state index contributed by atoms with van der Waals surface area (Å²) in [4.78, 5) is 0. The molecule has 0 saturated carbocycles. The van der Waals surface area contributed by atoms with E-state index < -0.39 is 12.2 Å². The number of hydrogen-bond donors (Lipinski definition) is 4. The van der Waals surface area contributed by atoms with E-state index in [2.05, 4.69) is 15.9 Å². The van der Waals surface area contributed by atoms with Crippen molar-refractivity contribution in [2.45, 2.75) is 12.2 Å². The Morgan fingerprint density at radius 2 is 2.06 bits per heavy atom. The first-order chi connectivity index (χ1) is 7.51. The third-order valence-electron chi connectivity index (χ3n) is 2.22. The van der Waals surface area contributed by atoms with Crippen LogP contribution in [0.1, 0.15) is 11.7 Å². The lowest BCUT2D eigenvalue weighted by atomic mass is 10.0. The molecule has 6 heteroatoms. The molecule has 0 amide bonds. The predicted molar refractivity (Wildman–Crippen MR) is 62.4 cm³/mol. The second-order valence-electron chi connectivity index (χ2n) is 3.29. The van der Waals surface area contributed by atoms with Gasteiger partial charge in [-0.2, -0.15) is 0 Å². The summed E-state index contributed by atoms with van der Waals surface area (Å²) >= 11 is 3.22. The van der Waals surface area contributed by atoms with E-state index in [0.717, 1.165) is 0 Å². The van der Waals surface area contributed by atoms with Crippen LogP contribution in [0.5, 0.6) is 11.5 Å². The average molecular weight is 292 g/mol. The second-order valence-corrected chi connectivity index (χ2v) is 4.15. The molecule has 90 valence electrons. The van der Waals surface area contributed by atoms with Crippen molar-refractivity contribution in [1.82, 2.24) is 0 Å². The van der Waals surface area contributed by atoms with Crippen LogP contribution >= 0.6 is 15.9 Å². The fourth-order valence-corrected chi connectivity index (χ4v) is 1.84. The molecule has 0 aliphatic rings. The lowest BCUT2D eigenvalue weighted by Crippen LogP contribution is -2.27. The van der Waals surface area contributed by atoms with E-state index in [1.807, 2.05) is 0 Å². The Kier molecular flexibility index (Phi) is 4.55. The lowest BCUT2D eigenvalue weighted by Gasteiger charge is -2.18. The Bertz CT molecular complexity index is 372. The van der Waals surface area contributed by atoms with Gasteiger partial charge >= 0.3 is 0 Å². The smallest absolute Gasteiger partial charge is 0.161 e. The van der Waals surface area contributed by atoms with Gasteiger partial charge in [0.25, 0.3) is 0 Å². The Balaban J connectivity index is 3.10. The standard InChI is InChI=1S/C10H14BrNO4/c1-16-9-3-6(11)5(2-7(9)13)10(15)8(14)4-12/h2-3,8,10,13-15H,4,12H2,1H3. The second kappa shape index (κ2) is 5.49. The van der Waals surface area contributed by atoms with Gasteiger partial charge in [-0.15, -0.1) is 0 Å². The quantitative estimate of drug-likeness (QED) is 0.649. The summed E-state index contributed by atoms with van der Waals surface area (Å²) in [5.74, 6) is 0.175. The van der Waals surface area contributed by atoms with E-state index in [1.54, 1.807) is 0 Å². The van der Waals surface area contributed by atoms with Gasteiger partial charge in [-0.1, -0.05) is 15.9 Å². The number of phenolic OH excluding ortho intramolecular Hbond substituents is 1. The zero-order valence-electron chi connectivity index (χ0n) is 8.72. The van der Waals surface area contributed by atoms with E-state index >= 15 is 0 Å². The molecule has 5 nitrogen and oxygen atoms in total. The van der Waals surface area contributed by atoms with Gasteiger partial charge in [0.15, 0.2) is 11.5 Å². The predicted octanol–water partition coefficient (Wildman–Crippen LogP) is 0.516. The number of ether oxygens (including phenoxy) is 1. The Morgan fingerprint density at radius 3 is 2.56 bits per heavy atom. The topological polar surface area (TPSA) is 95.9 Å². The summed E-state index contributed by atoms with van der Waals surface area (Å²) in [5, 5.41) is 28.7. The van der Waals surface area contributed by atoms with Gasteiger partial charge in [-0.3, -0.25) is 0 Å². The normalized spacial score (nSPS) is 14.6. The number of aromatic hydroxyl groups is 1. The summed E-state index contributed by atoms with van der Waals surface area (Å²) in [5.41, 5.74) is 5.60. The van der Waals surface area contributed by atoms with Crippen LogP contribution in [0.15, 0.2) is 16.6 Å². The number of aliphatic hydroxyl groups excluding tert-OH is 2. The van der Waals surface area contributed by atoms with Crippen LogP contribution < -0.4 is 10.5 Å². The van der Waals surface area contributed by atoms with Gasteiger partial charge in [-0.05, 0) is 12.1 Å². The summed E-state index contributed by atoms with van der Waals surface area (Å²) in [6.45, 7) is -0.0690. The highest BCUT2D eigenvalue weighted by Crippen LogP contribution is 2.35. The zero-order chi connectivity index (χ0) is 12.3. The van der Waals surface area contributed by atoms with Gasteiger partial charge in [0.05, 0.1) is 13.2 Å². The molecule has 0 heterocycles. The van der Waals surface area contributed by atoms with Crippen molar-refractivity contribution in [1.29, 1.82) is 0 Å². The van der Waals surface area contributed by atoms with Gasteiger partial charge < -0.3 is 25.8 Å². The van der Waals surface area contributed by atoms with Gasteiger partial charge in [0.2, 0.25) is 0 Å². The molecule has 0 aromatic heterocycles. The van der Waals surface area contributed by atoms with Crippen molar-refractivity contribution in [2.75, 3.05) is 13.7 Å². The van der Waals surface area contributed by atoms with Crippen LogP contribution in [0.2, 0.25) is 0 Å². The minimum Gasteiger partial charge on any atom is -0.504 e. The molecule has 2 atom stereocenters. The first kappa shape index (κ1) is 13.2. The fraction of sp³-hybridized carbons (Fsp3) is 0.400.